The average Bonchev–Trinajstić information content (AvgIpc) is 3.80. The second-order valence-electron chi connectivity index (χ2n) is 20.3. The van der Waals surface area contributed by atoms with E-state index in [1.54, 1.807) is 11.3 Å². The number of thiophene rings is 1. The average molecular weight is 764 g/mol. The van der Waals surface area contributed by atoms with Crippen LogP contribution in [0.5, 0.6) is 0 Å². The van der Waals surface area contributed by atoms with Crippen LogP contribution in [0.15, 0.2) is 103 Å². The largest absolute Gasteiger partial charge is 0.307 e. The van der Waals surface area contributed by atoms with Gasteiger partial charge in [-0.15, -0.1) is 11.3 Å². The lowest BCUT2D eigenvalue weighted by molar-refractivity contribution is 0.590. The number of hydrogen-bond donors (Lipinski definition) is 0. The van der Waals surface area contributed by atoms with E-state index < -0.39 is 0 Å². The first-order valence-electron chi connectivity index (χ1n) is 20.3. The van der Waals surface area contributed by atoms with Crippen molar-refractivity contribution in [2.45, 2.75) is 105 Å². The summed E-state index contributed by atoms with van der Waals surface area (Å²) in [5, 5.41) is 18.2. The third kappa shape index (κ3) is 5.80. The molecule has 0 atom stereocenters. The normalized spacial score (nSPS) is 13.2. The van der Waals surface area contributed by atoms with Crippen LogP contribution in [0, 0.1) is 11.3 Å². The van der Waals surface area contributed by atoms with Crippen LogP contribution in [-0.4, -0.2) is 9.13 Å². The summed E-state index contributed by atoms with van der Waals surface area (Å²) in [6, 6.07) is 41.7. The van der Waals surface area contributed by atoms with Crippen molar-refractivity contribution in [1.82, 2.24) is 9.13 Å². The molecule has 0 aliphatic heterocycles. The van der Waals surface area contributed by atoms with E-state index >= 15 is 0 Å². The number of benzene rings is 6. The zero-order chi connectivity index (χ0) is 40.6. The van der Waals surface area contributed by atoms with Crippen LogP contribution in [0.2, 0.25) is 0 Å². The number of nitriles is 1. The van der Waals surface area contributed by atoms with Crippen LogP contribution in [0.1, 0.15) is 111 Å². The topological polar surface area (TPSA) is 33.6 Å². The van der Waals surface area contributed by atoms with Crippen LogP contribution in [0.3, 0.4) is 0 Å². The van der Waals surface area contributed by atoms with E-state index in [-0.39, 0.29) is 21.7 Å². The first-order chi connectivity index (χ1) is 26.8. The summed E-state index contributed by atoms with van der Waals surface area (Å²) in [6.07, 6.45) is 0. The fraction of sp³-hybridized carbons (Fsp3) is 0.302. The van der Waals surface area contributed by atoms with Crippen LogP contribution in [0.4, 0.5) is 0 Å². The van der Waals surface area contributed by atoms with Crippen LogP contribution in [-0.2, 0) is 21.7 Å². The van der Waals surface area contributed by atoms with Crippen molar-refractivity contribution in [2.75, 3.05) is 0 Å². The Morgan fingerprint density at radius 2 is 0.842 bits per heavy atom. The first-order valence-corrected chi connectivity index (χ1v) is 21.1. The van der Waals surface area contributed by atoms with Gasteiger partial charge in [-0.3, -0.25) is 0 Å². The molecule has 0 aliphatic rings. The molecular formula is C53H53N3S. The Kier molecular flexibility index (Phi) is 8.04. The minimum absolute atomic E-state index is 0.0124. The molecule has 57 heavy (non-hydrogen) atoms. The van der Waals surface area contributed by atoms with Crippen molar-refractivity contribution in [3.8, 4) is 17.4 Å². The lowest BCUT2D eigenvalue weighted by Crippen LogP contribution is -2.11. The van der Waals surface area contributed by atoms with Gasteiger partial charge < -0.3 is 9.13 Å². The van der Waals surface area contributed by atoms with Crippen molar-refractivity contribution >= 4 is 75.1 Å². The second-order valence-corrected chi connectivity index (χ2v) is 21.4. The molecule has 9 rings (SSSR count). The molecule has 0 saturated heterocycles. The molecule has 0 bridgehead atoms. The predicted octanol–water partition coefficient (Wildman–Crippen LogP) is 15.3. The van der Waals surface area contributed by atoms with Gasteiger partial charge in [0.25, 0.3) is 0 Å². The third-order valence-electron chi connectivity index (χ3n) is 12.2. The molecule has 286 valence electrons. The van der Waals surface area contributed by atoms with E-state index in [4.69, 9.17) is 0 Å². The van der Waals surface area contributed by atoms with E-state index in [0.29, 0.717) is 5.56 Å². The predicted molar refractivity (Wildman–Crippen MR) is 248 cm³/mol. The molecule has 0 radical (unpaired) electrons. The Hall–Kier alpha value is -5.37. The van der Waals surface area contributed by atoms with Crippen molar-refractivity contribution < 1.29 is 0 Å². The molecule has 3 nitrogen and oxygen atoms in total. The molecule has 9 aromatic rings. The standard InChI is InChI=1S/C53H53N3S/c1-50(2,3)32-17-21-41-37(26-32)38-27-33(51(4,5)6)18-22-42(38)55(41)45-25-31(30-54)49-47(36-15-13-14-16-46(36)57-49)48(45)56-43-23-19-34(52(7,8)9)28-39(43)40-29-35(53(10,11)12)20-24-44(40)56/h13-29H,1-12H3. The lowest BCUT2D eigenvalue weighted by atomic mass is 9.85. The van der Waals surface area contributed by atoms with Gasteiger partial charge in [0.05, 0.1) is 43.7 Å². The highest BCUT2D eigenvalue weighted by Crippen LogP contribution is 2.48. The highest BCUT2D eigenvalue weighted by Gasteiger charge is 2.28. The summed E-state index contributed by atoms with van der Waals surface area (Å²) in [5.74, 6) is 0. The summed E-state index contributed by atoms with van der Waals surface area (Å²) in [7, 11) is 0. The summed E-state index contributed by atoms with van der Waals surface area (Å²) in [5.41, 5.74) is 12.6. The SMILES string of the molecule is CC(C)(C)c1ccc2c(c1)c1cc(C(C)(C)C)ccc1n2-c1cc(C#N)c2sc3ccccc3c2c1-n1c2ccc(C(C)(C)C)cc2c2cc(C(C)(C)C)ccc21. The molecule has 0 aliphatic carbocycles. The van der Waals surface area contributed by atoms with Crippen molar-refractivity contribution in [2.24, 2.45) is 0 Å². The zero-order valence-electron chi connectivity index (χ0n) is 35.6. The van der Waals surface area contributed by atoms with Crippen LogP contribution in [0.25, 0.3) is 75.2 Å². The minimum atomic E-state index is -0.0152. The van der Waals surface area contributed by atoms with Gasteiger partial charge in [-0.2, -0.15) is 5.26 Å². The molecule has 0 fully saturated rings. The molecule has 3 heterocycles. The maximum absolute atomic E-state index is 11.0. The van der Waals surface area contributed by atoms with Gasteiger partial charge in [-0.05, 0) is 105 Å². The molecule has 0 unspecified atom stereocenters. The van der Waals surface area contributed by atoms with Crippen molar-refractivity contribution in [1.29, 1.82) is 5.26 Å². The van der Waals surface area contributed by atoms with Crippen molar-refractivity contribution in [3.63, 3.8) is 0 Å². The first kappa shape index (κ1) is 37.2. The van der Waals surface area contributed by atoms with Gasteiger partial charge in [-0.25, -0.2) is 0 Å². The number of aromatic nitrogens is 2. The molecule has 4 heteroatoms. The Balaban J connectivity index is 1.53. The fourth-order valence-corrected chi connectivity index (χ4v) is 9.93. The third-order valence-corrected chi connectivity index (χ3v) is 13.4. The Bertz CT molecular complexity index is 3020. The molecule has 0 spiro atoms. The number of hydrogen-bond acceptors (Lipinski definition) is 2. The smallest absolute Gasteiger partial charge is 0.101 e. The number of fused-ring (bicyclic) bond motifs is 9. The molecule has 0 saturated carbocycles. The summed E-state index contributed by atoms with van der Waals surface area (Å²) < 4.78 is 7.18. The lowest BCUT2D eigenvalue weighted by Gasteiger charge is -2.22. The van der Waals surface area contributed by atoms with Crippen LogP contribution < -0.4 is 0 Å². The van der Waals surface area contributed by atoms with Crippen LogP contribution >= 0.6 is 11.3 Å². The minimum Gasteiger partial charge on any atom is -0.307 e. The van der Waals surface area contributed by atoms with Crippen molar-refractivity contribution in [3.05, 3.63) is 131 Å². The Morgan fingerprint density at radius 3 is 1.23 bits per heavy atom. The molecule has 0 amide bonds. The van der Waals surface area contributed by atoms with Gasteiger partial charge in [0.15, 0.2) is 0 Å². The zero-order valence-corrected chi connectivity index (χ0v) is 36.4. The van der Waals surface area contributed by atoms with Gasteiger partial charge in [0.1, 0.15) is 6.07 Å². The maximum Gasteiger partial charge on any atom is 0.101 e. The van der Waals surface area contributed by atoms with Gasteiger partial charge in [0, 0.05) is 37.0 Å². The molecule has 0 N–H and O–H groups in total. The van der Waals surface area contributed by atoms with E-state index in [1.165, 1.54) is 53.9 Å². The van der Waals surface area contributed by atoms with E-state index in [2.05, 4.69) is 201 Å². The highest BCUT2D eigenvalue weighted by molar-refractivity contribution is 7.26. The van der Waals surface area contributed by atoms with E-state index in [0.717, 1.165) is 43.5 Å². The highest BCUT2D eigenvalue weighted by atomic mass is 32.1. The molecular weight excluding hydrogens is 711 g/mol. The Morgan fingerprint density at radius 1 is 0.456 bits per heavy atom. The monoisotopic (exact) mass is 763 g/mol. The second kappa shape index (κ2) is 12.3. The fourth-order valence-electron chi connectivity index (χ4n) is 8.76. The molecule has 6 aromatic carbocycles. The number of nitrogens with zero attached hydrogens (tertiary/aromatic N) is 3. The van der Waals surface area contributed by atoms with E-state index in [9.17, 15) is 5.26 Å². The van der Waals surface area contributed by atoms with E-state index in [1.807, 2.05) is 0 Å². The van der Waals surface area contributed by atoms with Gasteiger partial charge in [-0.1, -0.05) is 126 Å². The maximum atomic E-state index is 11.0. The summed E-state index contributed by atoms with van der Waals surface area (Å²) >= 11 is 1.72. The van der Waals surface area contributed by atoms with Gasteiger partial charge in [0.2, 0.25) is 0 Å². The Labute approximate surface area is 341 Å². The summed E-state index contributed by atoms with van der Waals surface area (Å²) in [6.45, 7) is 27.5. The summed E-state index contributed by atoms with van der Waals surface area (Å²) in [4.78, 5) is 0. The number of rotatable bonds is 2. The van der Waals surface area contributed by atoms with Gasteiger partial charge >= 0.3 is 0 Å². The molecule has 3 aromatic heterocycles. The quantitative estimate of drug-likeness (QED) is 0.173.